The molecule has 0 radical (unpaired) electrons. The van der Waals surface area contributed by atoms with Crippen LogP contribution in [0.1, 0.15) is 38.9 Å². The van der Waals surface area contributed by atoms with Gasteiger partial charge in [0.15, 0.2) is 10.9 Å². The number of fused-ring (bicyclic) bond motifs is 1. The number of thiazole rings is 1. The predicted octanol–water partition coefficient (Wildman–Crippen LogP) is 5.00. The van der Waals surface area contributed by atoms with Crippen molar-refractivity contribution in [3.05, 3.63) is 64.8 Å². The summed E-state index contributed by atoms with van der Waals surface area (Å²) in [4.78, 5) is 29.3. The number of aromatic nitrogens is 2. The van der Waals surface area contributed by atoms with Gasteiger partial charge < -0.3 is 9.26 Å². The average Bonchev–Trinajstić information content (AvgIpc) is 3.30. The van der Waals surface area contributed by atoms with Gasteiger partial charge in [0, 0.05) is 5.56 Å². The number of nitrogens with one attached hydrogen (secondary N) is 1. The van der Waals surface area contributed by atoms with Gasteiger partial charge in [-0.05, 0) is 39.0 Å². The van der Waals surface area contributed by atoms with Crippen LogP contribution in [0.4, 0.5) is 5.13 Å². The first kappa shape index (κ1) is 19.8. The van der Waals surface area contributed by atoms with E-state index in [0.717, 1.165) is 15.8 Å². The lowest BCUT2D eigenvalue weighted by Crippen LogP contribution is -2.13. The lowest BCUT2D eigenvalue weighted by atomic mass is 10.1. The van der Waals surface area contributed by atoms with Crippen LogP contribution in [0.5, 0.6) is 0 Å². The minimum Gasteiger partial charge on any atom is -0.462 e. The minimum atomic E-state index is -0.388. The van der Waals surface area contributed by atoms with Gasteiger partial charge in [-0.25, -0.2) is 9.78 Å². The highest BCUT2D eigenvalue weighted by Gasteiger charge is 2.23. The van der Waals surface area contributed by atoms with Gasteiger partial charge in [0.05, 0.1) is 28.1 Å². The van der Waals surface area contributed by atoms with Crippen molar-refractivity contribution in [2.45, 2.75) is 20.8 Å². The highest BCUT2D eigenvalue weighted by atomic mass is 32.1. The Morgan fingerprint density at radius 2 is 1.90 bits per heavy atom. The minimum absolute atomic E-state index is 0.308. The lowest BCUT2D eigenvalue weighted by molar-refractivity contribution is 0.0526. The Balaban J connectivity index is 1.61. The van der Waals surface area contributed by atoms with E-state index in [1.54, 1.807) is 32.0 Å². The second-order valence-corrected chi connectivity index (χ2v) is 7.74. The standard InChI is InChI=1S/C22H19N3O4S/c1-4-28-21(27)15-9-10-16-17(11-15)30-22(23-16)24-20(26)18-13(3)25-29-19(18)14-7-5-12(2)6-8-14/h5-11H,4H2,1-3H3,(H,23,24,26). The molecule has 0 saturated carbocycles. The molecule has 0 aliphatic heterocycles. The molecule has 0 atom stereocenters. The van der Waals surface area contributed by atoms with Gasteiger partial charge in [-0.2, -0.15) is 0 Å². The molecule has 2 heterocycles. The summed E-state index contributed by atoms with van der Waals surface area (Å²) in [5.41, 5.74) is 3.87. The topological polar surface area (TPSA) is 94.3 Å². The van der Waals surface area contributed by atoms with Crippen LogP contribution in [0.25, 0.3) is 21.5 Å². The van der Waals surface area contributed by atoms with Crippen molar-refractivity contribution < 1.29 is 18.8 Å². The van der Waals surface area contributed by atoms with E-state index in [4.69, 9.17) is 9.26 Å². The number of aryl methyl sites for hydroxylation is 2. The van der Waals surface area contributed by atoms with Crippen molar-refractivity contribution in [2.75, 3.05) is 11.9 Å². The van der Waals surface area contributed by atoms with Crippen molar-refractivity contribution in [3.8, 4) is 11.3 Å². The van der Waals surface area contributed by atoms with Crippen LogP contribution in [0.15, 0.2) is 47.0 Å². The van der Waals surface area contributed by atoms with Crippen LogP contribution in [0.3, 0.4) is 0 Å². The summed E-state index contributed by atoms with van der Waals surface area (Å²) < 4.78 is 11.2. The third-order valence-corrected chi connectivity index (χ3v) is 5.46. The SMILES string of the molecule is CCOC(=O)c1ccc2nc(NC(=O)c3c(C)noc3-c3ccc(C)cc3)sc2c1. The molecular weight excluding hydrogens is 402 g/mol. The zero-order valence-electron chi connectivity index (χ0n) is 16.7. The zero-order chi connectivity index (χ0) is 21.3. The maximum atomic E-state index is 13.0. The largest absolute Gasteiger partial charge is 0.462 e. The van der Waals surface area contributed by atoms with Gasteiger partial charge in [0.25, 0.3) is 5.91 Å². The number of carbonyl (C=O) groups is 2. The van der Waals surface area contributed by atoms with Crippen LogP contribution in [-0.2, 0) is 4.74 Å². The number of anilines is 1. The number of carbonyl (C=O) groups excluding carboxylic acids is 2. The Hall–Kier alpha value is -3.52. The molecular formula is C22H19N3O4S. The first-order chi connectivity index (χ1) is 14.5. The van der Waals surface area contributed by atoms with Crippen LogP contribution in [0.2, 0.25) is 0 Å². The second-order valence-electron chi connectivity index (χ2n) is 6.71. The van der Waals surface area contributed by atoms with Gasteiger partial charge >= 0.3 is 5.97 Å². The zero-order valence-corrected chi connectivity index (χ0v) is 17.5. The van der Waals surface area contributed by atoms with E-state index in [1.807, 2.05) is 31.2 Å². The molecule has 0 fully saturated rings. The fraction of sp³-hybridized carbons (Fsp3) is 0.182. The van der Waals surface area contributed by atoms with E-state index in [-0.39, 0.29) is 11.9 Å². The maximum absolute atomic E-state index is 13.0. The summed E-state index contributed by atoms with van der Waals surface area (Å²) in [7, 11) is 0. The fourth-order valence-electron chi connectivity index (χ4n) is 3.02. The molecule has 0 saturated heterocycles. The van der Waals surface area contributed by atoms with Crippen LogP contribution in [0, 0.1) is 13.8 Å². The normalized spacial score (nSPS) is 10.9. The molecule has 2 aromatic heterocycles. The third kappa shape index (κ3) is 3.81. The molecule has 1 N–H and O–H groups in total. The molecule has 152 valence electrons. The molecule has 0 aliphatic rings. The van der Waals surface area contributed by atoms with Crippen molar-refractivity contribution in [1.29, 1.82) is 0 Å². The Bertz CT molecular complexity index is 1240. The molecule has 30 heavy (non-hydrogen) atoms. The highest BCUT2D eigenvalue weighted by Crippen LogP contribution is 2.30. The third-order valence-electron chi connectivity index (χ3n) is 4.52. The van der Waals surface area contributed by atoms with Crippen molar-refractivity contribution in [1.82, 2.24) is 10.1 Å². The van der Waals surface area contributed by atoms with Crippen molar-refractivity contribution in [3.63, 3.8) is 0 Å². The molecule has 0 bridgehead atoms. The highest BCUT2D eigenvalue weighted by molar-refractivity contribution is 7.22. The van der Waals surface area contributed by atoms with E-state index < -0.39 is 0 Å². The van der Waals surface area contributed by atoms with Crippen molar-refractivity contribution >= 4 is 38.6 Å². The summed E-state index contributed by atoms with van der Waals surface area (Å²) in [6.45, 7) is 5.78. The van der Waals surface area contributed by atoms with Crippen LogP contribution < -0.4 is 5.32 Å². The number of benzene rings is 2. The quantitative estimate of drug-likeness (QED) is 0.456. The van der Waals surface area contributed by atoms with Gasteiger partial charge in [-0.15, -0.1) is 0 Å². The monoisotopic (exact) mass is 421 g/mol. The second kappa shape index (κ2) is 8.08. The molecule has 2 aromatic carbocycles. The number of ether oxygens (including phenoxy) is 1. The molecule has 0 unspecified atom stereocenters. The summed E-state index contributed by atoms with van der Waals surface area (Å²) in [6.07, 6.45) is 0. The summed E-state index contributed by atoms with van der Waals surface area (Å²) in [6, 6.07) is 12.8. The molecule has 1 amide bonds. The fourth-order valence-corrected chi connectivity index (χ4v) is 3.92. The summed E-state index contributed by atoms with van der Waals surface area (Å²) in [5, 5.41) is 7.21. The van der Waals surface area contributed by atoms with Crippen molar-refractivity contribution in [2.24, 2.45) is 0 Å². The van der Waals surface area contributed by atoms with Gasteiger partial charge in [-0.3, -0.25) is 10.1 Å². The summed E-state index contributed by atoms with van der Waals surface area (Å²) >= 11 is 1.28. The number of hydrogen-bond acceptors (Lipinski definition) is 7. The number of amides is 1. The molecule has 4 aromatic rings. The molecule has 7 nitrogen and oxygen atoms in total. The van der Waals surface area contributed by atoms with E-state index >= 15 is 0 Å². The maximum Gasteiger partial charge on any atom is 0.338 e. The van der Waals surface area contributed by atoms with Crippen LogP contribution in [-0.4, -0.2) is 28.6 Å². The van der Waals surface area contributed by atoms with E-state index in [2.05, 4.69) is 15.5 Å². The van der Waals surface area contributed by atoms with Gasteiger partial charge in [0.1, 0.15) is 5.56 Å². The van der Waals surface area contributed by atoms with E-state index in [0.29, 0.717) is 39.8 Å². The Morgan fingerprint density at radius 1 is 1.13 bits per heavy atom. The van der Waals surface area contributed by atoms with E-state index in [1.165, 1.54) is 11.3 Å². The number of nitrogens with zero attached hydrogens (tertiary/aromatic N) is 2. The summed E-state index contributed by atoms with van der Waals surface area (Å²) in [5.74, 6) is -0.328. The first-order valence-corrected chi connectivity index (χ1v) is 10.2. The number of hydrogen-bond donors (Lipinski definition) is 1. The Morgan fingerprint density at radius 3 is 2.63 bits per heavy atom. The Labute approximate surface area is 176 Å². The molecule has 0 aliphatic carbocycles. The molecule has 4 rings (SSSR count). The smallest absolute Gasteiger partial charge is 0.338 e. The van der Waals surface area contributed by atoms with Gasteiger partial charge in [-0.1, -0.05) is 46.3 Å². The molecule has 8 heteroatoms. The first-order valence-electron chi connectivity index (χ1n) is 9.38. The predicted molar refractivity (Wildman–Crippen MR) is 115 cm³/mol. The average molecular weight is 421 g/mol. The number of esters is 1. The molecule has 0 spiro atoms. The number of rotatable bonds is 5. The van der Waals surface area contributed by atoms with Gasteiger partial charge in [0.2, 0.25) is 0 Å². The Kier molecular flexibility index (Phi) is 5.33. The van der Waals surface area contributed by atoms with Crippen LogP contribution >= 0.6 is 11.3 Å². The van der Waals surface area contributed by atoms with E-state index in [9.17, 15) is 9.59 Å². The lowest BCUT2D eigenvalue weighted by Gasteiger charge is -2.03.